The molecule has 0 unspecified atom stereocenters. The topological polar surface area (TPSA) is 38.3 Å². The van der Waals surface area contributed by atoms with Crippen LogP contribution < -0.4 is 5.32 Å². The Morgan fingerprint density at radius 2 is 2.23 bits per heavy atom. The van der Waals surface area contributed by atoms with Crippen molar-refractivity contribution in [3.05, 3.63) is 29.8 Å². The van der Waals surface area contributed by atoms with Crippen molar-refractivity contribution in [2.45, 2.75) is 13.5 Å². The minimum absolute atomic E-state index is 0.161. The van der Waals surface area contributed by atoms with Gasteiger partial charge in [-0.15, -0.1) is 0 Å². The molecular formula is C10H13NO2. The summed E-state index contributed by atoms with van der Waals surface area (Å²) in [6.45, 7) is 3.06. The average molecular weight is 180 g/mol. The van der Waals surface area contributed by atoms with E-state index in [4.69, 9.17) is 1.37 Å². The molecule has 0 heterocycles. The van der Waals surface area contributed by atoms with Crippen LogP contribution in [0.1, 0.15) is 13.9 Å². The van der Waals surface area contributed by atoms with E-state index in [-0.39, 0.29) is 6.61 Å². The van der Waals surface area contributed by atoms with Gasteiger partial charge in [-0.3, -0.25) is 4.79 Å². The van der Waals surface area contributed by atoms with E-state index in [1.165, 1.54) is 0 Å². The minimum Gasteiger partial charge on any atom is -0.463 e. The van der Waals surface area contributed by atoms with Gasteiger partial charge in [0.05, 0.1) is 0 Å². The Bertz CT molecular complexity index is 297. The summed E-state index contributed by atoms with van der Waals surface area (Å²) in [6, 6.07) is 7.55. The highest BCUT2D eigenvalue weighted by Gasteiger charge is 1.92. The van der Waals surface area contributed by atoms with E-state index >= 15 is 0 Å². The number of hydrogen-bond donors (Lipinski definition) is 1. The van der Waals surface area contributed by atoms with Crippen LogP contribution in [-0.2, 0) is 16.1 Å². The van der Waals surface area contributed by atoms with E-state index in [1.807, 2.05) is 31.2 Å². The lowest BCUT2D eigenvalue weighted by Crippen LogP contribution is -1.96. The van der Waals surface area contributed by atoms with E-state index in [9.17, 15) is 4.79 Å². The molecule has 1 aromatic carbocycles. The fourth-order valence-electron chi connectivity index (χ4n) is 1.04. The second-order valence-electron chi connectivity index (χ2n) is 2.60. The Morgan fingerprint density at radius 3 is 2.77 bits per heavy atom. The first-order valence-corrected chi connectivity index (χ1v) is 4.18. The maximum Gasteiger partial charge on any atom is 0.293 e. The molecule has 0 saturated heterocycles. The molecule has 1 N–H and O–H groups in total. The molecule has 1 rings (SSSR count). The van der Waals surface area contributed by atoms with E-state index in [0.717, 1.165) is 17.8 Å². The van der Waals surface area contributed by atoms with E-state index in [2.05, 4.69) is 10.1 Å². The van der Waals surface area contributed by atoms with Crippen LogP contribution in [0.3, 0.4) is 0 Å². The maximum atomic E-state index is 10.2. The van der Waals surface area contributed by atoms with E-state index in [1.54, 1.807) is 0 Å². The molecule has 0 aliphatic rings. The monoisotopic (exact) mass is 180 g/mol. The highest BCUT2D eigenvalue weighted by molar-refractivity contribution is 5.44. The van der Waals surface area contributed by atoms with Gasteiger partial charge in [0, 0.05) is 12.2 Å². The zero-order valence-corrected chi connectivity index (χ0v) is 7.54. The van der Waals surface area contributed by atoms with Crippen molar-refractivity contribution in [1.29, 1.82) is 0 Å². The van der Waals surface area contributed by atoms with Crippen molar-refractivity contribution in [2.24, 2.45) is 0 Å². The molecule has 0 amide bonds. The summed E-state index contributed by atoms with van der Waals surface area (Å²) < 4.78 is 11.1. The second kappa shape index (κ2) is 5.19. The summed E-state index contributed by atoms with van der Waals surface area (Å²) in [7, 11) is 0. The summed E-state index contributed by atoms with van der Waals surface area (Å²) in [6.07, 6.45) is -0.999. The molecule has 0 aromatic heterocycles. The normalized spacial score (nSPS) is 10.4. The van der Waals surface area contributed by atoms with Crippen LogP contribution in [0, 0.1) is 0 Å². The van der Waals surface area contributed by atoms with Gasteiger partial charge in [0.15, 0.2) is 1.37 Å². The fraction of sp³-hybridized carbons (Fsp3) is 0.300. The third kappa shape index (κ3) is 3.15. The number of carbonyl (C=O) groups excluding carboxylic acids is 1. The Hall–Kier alpha value is -1.51. The van der Waals surface area contributed by atoms with Crippen LogP contribution >= 0.6 is 0 Å². The van der Waals surface area contributed by atoms with Gasteiger partial charge >= 0.3 is 0 Å². The minimum atomic E-state index is -0.999. The van der Waals surface area contributed by atoms with Gasteiger partial charge in [-0.25, -0.2) is 0 Å². The van der Waals surface area contributed by atoms with Gasteiger partial charge in [-0.2, -0.15) is 0 Å². The lowest BCUT2D eigenvalue weighted by Gasteiger charge is -2.03. The van der Waals surface area contributed by atoms with Crippen LogP contribution in [0.4, 0.5) is 5.69 Å². The highest BCUT2D eigenvalue weighted by atomic mass is 16.5. The van der Waals surface area contributed by atoms with Crippen LogP contribution in [0.2, 0.25) is 0 Å². The zero-order chi connectivity index (χ0) is 10.4. The van der Waals surface area contributed by atoms with Crippen LogP contribution in [0.25, 0.3) is 0 Å². The van der Waals surface area contributed by atoms with Gasteiger partial charge in [-0.05, 0) is 24.6 Å². The molecule has 0 atom stereocenters. The van der Waals surface area contributed by atoms with Gasteiger partial charge in [0.25, 0.3) is 6.45 Å². The summed E-state index contributed by atoms with van der Waals surface area (Å²) in [5.74, 6) is 0. The Labute approximate surface area is 79.1 Å². The molecule has 13 heavy (non-hydrogen) atoms. The summed E-state index contributed by atoms with van der Waals surface area (Å²) in [4.78, 5) is 10.2. The average Bonchev–Trinajstić information content (AvgIpc) is 2.17. The molecule has 0 spiro atoms. The van der Waals surface area contributed by atoms with Gasteiger partial charge in [0.2, 0.25) is 0 Å². The third-order valence-corrected chi connectivity index (χ3v) is 1.63. The molecule has 3 nitrogen and oxygen atoms in total. The number of rotatable bonds is 4. The first-order chi connectivity index (χ1) is 6.72. The van der Waals surface area contributed by atoms with Gasteiger partial charge < -0.3 is 10.1 Å². The quantitative estimate of drug-likeness (QED) is 0.718. The summed E-state index contributed by atoms with van der Waals surface area (Å²) >= 11 is 0. The summed E-state index contributed by atoms with van der Waals surface area (Å²) in [5.41, 5.74) is 1.92. The maximum absolute atomic E-state index is 10.2. The number of carbonyl (C=O) groups is 1. The largest absolute Gasteiger partial charge is 0.463 e. The molecule has 3 heteroatoms. The predicted molar refractivity (Wildman–Crippen MR) is 51.5 cm³/mol. The van der Waals surface area contributed by atoms with Crippen LogP contribution in [0.5, 0.6) is 0 Å². The third-order valence-electron chi connectivity index (χ3n) is 1.63. The van der Waals surface area contributed by atoms with Gasteiger partial charge in [-0.1, -0.05) is 12.1 Å². The van der Waals surface area contributed by atoms with Crippen LogP contribution in [0.15, 0.2) is 24.3 Å². The molecule has 0 saturated carbocycles. The van der Waals surface area contributed by atoms with Crippen molar-refractivity contribution in [1.82, 2.24) is 0 Å². The van der Waals surface area contributed by atoms with Crippen molar-refractivity contribution in [2.75, 3.05) is 11.9 Å². The molecular weight excluding hydrogens is 166 g/mol. The van der Waals surface area contributed by atoms with Crippen molar-refractivity contribution >= 4 is 12.1 Å². The Morgan fingerprint density at radius 1 is 1.54 bits per heavy atom. The smallest absolute Gasteiger partial charge is 0.293 e. The predicted octanol–water partition coefficient (Wildman–Crippen LogP) is 1.79. The summed E-state index contributed by atoms with van der Waals surface area (Å²) in [5, 5.41) is 3.15. The number of nitrogens with one attached hydrogen (secondary N) is 1. The lowest BCUT2D eigenvalue weighted by molar-refractivity contribution is -0.129. The Kier molecular flexibility index (Phi) is 3.24. The van der Waals surface area contributed by atoms with Crippen molar-refractivity contribution in [3.8, 4) is 0 Å². The first-order valence-electron chi connectivity index (χ1n) is 4.68. The number of benzene rings is 1. The van der Waals surface area contributed by atoms with Crippen molar-refractivity contribution in [3.63, 3.8) is 0 Å². The first kappa shape index (κ1) is 8.10. The number of anilines is 1. The molecule has 0 aliphatic heterocycles. The molecule has 0 aliphatic carbocycles. The molecule has 0 fully saturated rings. The van der Waals surface area contributed by atoms with E-state index in [0.29, 0.717) is 0 Å². The van der Waals surface area contributed by atoms with Gasteiger partial charge in [0.1, 0.15) is 6.61 Å². The number of hydrogen-bond acceptors (Lipinski definition) is 3. The Balaban J connectivity index is 2.50. The highest BCUT2D eigenvalue weighted by Crippen LogP contribution is 2.09. The second-order valence-corrected chi connectivity index (χ2v) is 2.60. The zero-order valence-electron chi connectivity index (χ0n) is 8.54. The SMILES string of the molecule is [2H]C(=O)OCc1ccc(NCC)cc1. The number of ether oxygens (including phenoxy) is 1. The van der Waals surface area contributed by atoms with E-state index < -0.39 is 6.45 Å². The fourth-order valence-corrected chi connectivity index (χ4v) is 1.04. The lowest BCUT2D eigenvalue weighted by atomic mass is 10.2. The van der Waals surface area contributed by atoms with Crippen molar-refractivity contribution < 1.29 is 10.9 Å². The standard InChI is InChI=1S/C10H13NO2/c1-2-11-10-5-3-9(4-6-10)7-13-8-12/h3-6,8,11H,2,7H2,1H3/i8D. The molecule has 1 aromatic rings. The van der Waals surface area contributed by atoms with Crippen LogP contribution in [-0.4, -0.2) is 13.0 Å². The molecule has 70 valence electrons. The molecule has 0 bridgehead atoms. The molecule has 0 radical (unpaired) electrons.